The van der Waals surface area contributed by atoms with Crippen LogP contribution in [0, 0.1) is 5.92 Å². The van der Waals surface area contributed by atoms with Gasteiger partial charge in [-0.1, -0.05) is 42.6 Å². The van der Waals surface area contributed by atoms with E-state index in [0.29, 0.717) is 18.7 Å². The van der Waals surface area contributed by atoms with Gasteiger partial charge in [-0.15, -0.1) is 0 Å². The lowest BCUT2D eigenvalue weighted by Crippen LogP contribution is -2.62. The maximum Gasteiger partial charge on any atom is 0.251 e. The summed E-state index contributed by atoms with van der Waals surface area (Å²) in [6.45, 7) is 6.46. The van der Waals surface area contributed by atoms with Gasteiger partial charge in [0.15, 0.2) is 0 Å². The Kier molecular flexibility index (Phi) is 6.75. The van der Waals surface area contributed by atoms with Crippen LogP contribution in [0.4, 0.5) is 5.69 Å². The highest BCUT2D eigenvalue weighted by Crippen LogP contribution is 2.32. The third kappa shape index (κ3) is 4.93. The highest BCUT2D eigenvalue weighted by molar-refractivity contribution is 6.30. The number of rotatable bonds is 4. The second kappa shape index (κ2) is 9.53. The molecule has 1 N–H and O–H groups in total. The highest BCUT2D eigenvalue weighted by atomic mass is 35.5. The molecule has 2 aromatic rings. The van der Waals surface area contributed by atoms with Crippen LogP contribution in [0.15, 0.2) is 54.6 Å². The maximum atomic E-state index is 13.6. The third-order valence-corrected chi connectivity index (χ3v) is 7.04. The monoisotopic (exact) mass is 453 g/mol. The molecule has 5 nitrogen and oxygen atoms in total. The molecule has 1 heterocycles. The number of hydrogen-bond donors (Lipinski definition) is 1. The fraction of sp³-hybridized carbons (Fsp3) is 0.462. The second-order valence-corrected chi connectivity index (χ2v) is 9.97. The van der Waals surface area contributed by atoms with Gasteiger partial charge < -0.3 is 15.1 Å². The van der Waals surface area contributed by atoms with E-state index in [0.717, 1.165) is 42.9 Å². The lowest BCUT2D eigenvalue weighted by Gasteiger charge is -2.49. The molecule has 0 spiro atoms. The van der Waals surface area contributed by atoms with Crippen molar-refractivity contribution in [2.45, 2.75) is 51.1 Å². The highest BCUT2D eigenvalue weighted by Gasteiger charge is 2.40. The smallest absolute Gasteiger partial charge is 0.251 e. The Balaban J connectivity index is 1.44. The summed E-state index contributed by atoms with van der Waals surface area (Å²) in [7, 11) is 0. The Morgan fingerprint density at radius 1 is 0.969 bits per heavy atom. The molecular weight excluding hydrogens is 422 g/mol. The summed E-state index contributed by atoms with van der Waals surface area (Å²) >= 11 is 6.06. The number of anilines is 1. The molecule has 32 heavy (non-hydrogen) atoms. The van der Waals surface area contributed by atoms with Gasteiger partial charge in [0, 0.05) is 41.9 Å². The van der Waals surface area contributed by atoms with Crippen molar-refractivity contribution in [1.82, 2.24) is 10.2 Å². The standard InChI is InChI=1S/C26H32ClN3O2/c1-26(2)18-29(16-17-30(26)21-14-12-20(27)13-15-21)25(32)22-10-6-7-11-23(22)28-24(31)19-8-4-3-5-9-19/h3-5,8-9,12-15,22-23H,6-7,10-11,16-18H2,1-2H3,(H,28,31)/t22-,23+/m0/s1. The van der Waals surface area contributed by atoms with Crippen LogP contribution >= 0.6 is 11.6 Å². The minimum absolute atomic E-state index is 0.0943. The summed E-state index contributed by atoms with van der Waals surface area (Å²) in [6, 6.07) is 17.0. The topological polar surface area (TPSA) is 52.7 Å². The van der Waals surface area contributed by atoms with Gasteiger partial charge in [-0.25, -0.2) is 0 Å². The fourth-order valence-electron chi connectivity index (χ4n) is 5.12. The fourth-order valence-corrected chi connectivity index (χ4v) is 5.24. The van der Waals surface area contributed by atoms with Crippen LogP contribution < -0.4 is 10.2 Å². The molecule has 170 valence electrons. The first-order chi connectivity index (χ1) is 15.3. The van der Waals surface area contributed by atoms with Crippen molar-refractivity contribution in [3.8, 4) is 0 Å². The van der Waals surface area contributed by atoms with Gasteiger partial charge in [-0.05, 0) is 63.1 Å². The summed E-state index contributed by atoms with van der Waals surface area (Å²) in [5.41, 5.74) is 1.57. The molecule has 0 aromatic heterocycles. The summed E-state index contributed by atoms with van der Waals surface area (Å²) in [4.78, 5) is 30.7. The molecule has 1 aliphatic carbocycles. The van der Waals surface area contributed by atoms with Crippen LogP contribution in [0.25, 0.3) is 0 Å². The van der Waals surface area contributed by atoms with Gasteiger partial charge in [-0.3, -0.25) is 9.59 Å². The molecule has 1 saturated heterocycles. The van der Waals surface area contributed by atoms with E-state index in [9.17, 15) is 9.59 Å². The zero-order chi connectivity index (χ0) is 22.7. The predicted molar refractivity (Wildman–Crippen MR) is 129 cm³/mol. The molecule has 2 atom stereocenters. The van der Waals surface area contributed by atoms with E-state index in [1.54, 1.807) is 0 Å². The summed E-state index contributed by atoms with van der Waals surface area (Å²) in [5, 5.41) is 3.88. The number of halogens is 1. The minimum Gasteiger partial charge on any atom is -0.363 e. The molecule has 6 heteroatoms. The van der Waals surface area contributed by atoms with Crippen LogP contribution in [0.2, 0.25) is 5.02 Å². The van der Waals surface area contributed by atoms with Gasteiger partial charge >= 0.3 is 0 Å². The average molecular weight is 454 g/mol. The van der Waals surface area contributed by atoms with Crippen molar-refractivity contribution in [2.24, 2.45) is 5.92 Å². The lowest BCUT2D eigenvalue weighted by atomic mass is 9.82. The Labute approximate surface area is 195 Å². The van der Waals surface area contributed by atoms with Gasteiger partial charge in [0.1, 0.15) is 0 Å². The molecule has 0 radical (unpaired) electrons. The lowest BCUT2D eigenvalue weighted by molar-refractivity contribution is -0.138. The van der Waals surface area contributed by atoms with Crippen molar-refractivity contribution >= 4 is 29.1 Å². The van der Waals surface area contributed by atoms with Crippen molar-refractivity contribution in [1.29, 1.82) is 0 Å². The maximum absolute atomic E-state index is 13.6. The average Bonchev–Trinajstić information content (AvgIpc) is 2.80. The van der Waals surface area contributed by atoms with Crippen molar-refractivity contribution in [2.75, 3.05) is 24.5 Å². The first-order valence-electron chi connectivity index (χ1n) is 11.5. The molecule has 1 saturated carbocycles. The van der Waals surface area contributed by atoms with E-state index in [-0.39, 0.29) is 29.3 Å². The van der Waals surface area contributed by atoms with E-state index in [1.807, 2.05) is 59.5 Å². The largest absolute Gasteiger partial charge is 0.363 e. The van der Waals surface area contributed by atoms with Gasteiger partial charge in [0.05, 0.1) is 11.5 Å². The van der Waals surface area contributed by atoms with E-state index in [2.05, 4.69) is 24.1 Å². The van der Waals surface area contributed by atoms with E-state index in [4.69, 9.17) is 11.6 Å². The number of amides is 2. The van der Waals surface area contributed by atoms with Crippen molar-refractivity contribution < 1.29 is 9.59 Å². The minimum atomic E-state index is -0.195. The summed E-state index contributed by atoms with van der Waals surface area (Å²) in [6.07, 6.45) is 3.75. The Morgan fingerprint density at radius 3 is 2.34 bits per heavy atom. The Morgan fingerprint density at radius 2 is 1.66 bits per heavy atom. The van der Waals surface area contributed by atoms with Gasteiger partial charge in [0.2, 0.25) is 5.91 Å². The van der Waals surface area contributed by atoms with Gasteiger partial charge in [0.25, 0.3) is 5.91 Å². The quantitative estimate of drug-likeness (QED) is 0.726. The van der Waals surface area contributed by atoms with Crippen LogP contribution in [0.5, 0.6) is 0 Å². The third-order valence-electron chi connectivity index (χ3n) is 6.79. The molecule has 2 fully saturated rings. The molecule has 4 rings (SSSR count). The van der Waals surface area contributed by atoms with Crippen molar-refractivity contribution in [3.05, 3.63) is 65.2 Å². The first-order valence-corrected chi connectivity index (χ1v) is 11.9. The number of piperazine rings is 1. The summed E-state index contributed by atoms with van der Waals surface area (Å²) < 4.78 is 0. The zero-order valence-corrected chi connectivity index (χ0v) is 19.6. The Bertz CT molecular complexity index is 945. The number of benzene rings is 2. The van der Waals surface area contributed by atoms with Crippen molar-refractivity contribution in [3.63, 3.8) is 0 Å². The molecule has 2 amide bonds. The van der Waals surface area contributed by atoms with E-state index >= 15 is 0 Å². The normalized spacial score (nSPS) is 23.0. The van der Waals surface area contributed by atoms with E-state index < -0.39 is 0 Å². The predicted octanol–water partition coefficient (Wildman–Crippen LogP) is 4.76. The summed E-state index contributed by atoms with van der Waals surface area (Å²) in [5.74, 6) is -0.0793. The second-order valence-electron chi connectivity index (χ2n) is 9.54. The van der Waals surface area contributed by atoms with Crippen LogP contribution in [-0.4, -0.2) is 47.9 Å². The van der Waals surface area contributed by atoms with Crippen LogP contribution in [0.3, 0.4) is 0 Å². The number of nitrogens with zero attached hydrogens (tertiary/aromatic N) is 2. The SMILES string of the molecule is CC1(C)CN(C(=O)[C@H]2CCCC[C@H]2NC(=O)c2ccccc2)CCN1c1ccc(Cl)cc1. The molecule has 2 aromatic carbocycles. The molecular formula is C26H32ClN3O2. The van der Waals surface area contributed by atoms with Gasteiger partial charge in [-0.2, -0.15) is 0 Å². The number of hydrogen-bond acceptors (Lipinski definition) is 3. The molecule has 2 aliphatic rings. The zero-order valence-electron chi connectivity index (χ0n) is 18.9. The number of carbonyl (C=O) groups is 2. The number of nitrogens with one attached hydrogen (secondary N) is 1. The molecule has 0 unspecified atom stereocenters. The van der Waals surface area contributed by atoms with Crippen LogP contribution in [-0.2, 0) is 4.79 Å². The van der Waals surface area contributed by atoms with E-state index in [1.165, 1.54) is 0 Å². The van der Waals surface area contributed by atoms with Crippen LogP contribution in [0.1, 0.15) is 49.9 Å². The molecule has 0 bridgehead atoms. The molecule has 1 aliphatic heterocycles. The first kappa shape index (κ1) is 22.7. The Hall–Kier alpha value is -2.53. The number of carbonyl (C=O) groups excluding carboxylic acids is 2.